The number of ether oxygens (including phenoxy) is 1. The molecule has 0 aliphatic carbocycles. The van der Waals surface area contributed by atoms with Crippen LogP contribution in [0.5, 0.6) is 0 Å². The fourth-order valence-electron chi connectivity index (χ4n) is 2.75. The lowest BCUT2D eigenvalue weighted by atomic mass is 10.2. The molecule has 2 rings (SSSR count). The van der Waals surface area contributed by atoms with Crippen LogP contribution in [0.15, 0.2) is 21.8 Å². The summed E-state index contributed by atoms with van der Waals surface area (Å²) in [4.78, 5) is 9.13. The molecule has 0 spiro atoms. The highest BCUT2D eigenvalue weighted by Crippen LogP contribution is 2.07. The maximum Gasteiger partial charge on any atom is 0.193 e. The molecule has 7 heteroatoms. The van der Waals surface area contributed by atoms with Gasteiger partial charge < -0.3 is 19.5 Å². The Bertz CT molecular complexity index is 441. The van der Waals surface area contributed by atoms with Crippen molar-refractivity contribution in [2.75, 3.05) is 53.5 Å². The van der Waals surface area contributed by atoms with Crippen LogP contribution in [0.1, 0.15) is 25.0 Å². The normalized spacial score (nSPS) is 16.8. The SMILES string of the molecule is CN=C(NCCCCCOC)N1CCN(Cc2ccon2)CC1. The molecule has 0 saturated carbocycles. The molecule has 1 aromatic rings. The zero-order valence-electron chi connectivity index (χ0n) is 14.3. The van der Waals surface area contributed by atoms with Gasteiger partial charge in [-0.2, -0.15) is 0 Å². The number of nitrogens with zero attached hydrogens (tertiary/aromatic N) is 4. The number of aromatic nitrogens is 1. The van der Waals surface area contributed by atoms with Crippen molar-refractivity contribution >= 4 is 5.96 Å². The average Bonchev–Trinajstić information content (AvgIpc) is 3.08. The molecule has 1 fully saturated rings. The summed E-state index contributed by atoms with van der Waals surface area (Å²) in [6.07, 6.45) is 5.08. The van der Waals surface area contributed by atoms with Crippen molar-refractivity contribution in [2.45, 2.75) is 25.8 Å². The Hall–Kier alpha value is -1.60. The molecule has 2 heterocycles. The fourth-order valence-corrected chi connectivity index (χ4v) is 2.75. The van der Waals surface area contributed by atoms with Crippen LogP contribution in [0.4, 0.5) is 0 Å². The van der Waals surface area contributed by atoms with Gasteiger partial charge in [-0.25, -0.2) is 0 Å². The Morgan fingerprint density at radius 1 is 1.30 bits per heavy atom. The number of unbranched alkanes of at least 4 members (excludes halogenated alkanes) is 2. The van der Waals surface area contributed by atoms with Gasteiger partial charge in [0.15, 0.2) is 5.96 Å². The van der Waals surface area contributed by atoms with E-state index in [0.717, 1.165) is 70.4 Å². The van der Waals surface area contributed by atoms with Gasteiger partial charge in [-0.1, -0.05) is 5.16 Å². The number of aliphatic imine (C=N–C) groups is 1. The Kier molecular flexibility index (Phi) is 7.89. The lowest BCUT2D eigenvalue weighted by Gasteiger charge is -2.36. The van der Waals surface area contributed by atoms with Crippen molar-refractivity contribution < 1.29 is 9.26 Å². The number of rotatable bonds is 8. The monoisotopic (exact) mass is 323 g/mol. The van der Waals surface area contributed by atoms with Crippen LogP contribution in [-0.2, 0) is 11.3 Å². The minimum atomic E-state index is 0.849. The molecule has 23 heavy (non-hydrogen) atoms. The lowest BCUT2D eigenvalue weighted by molar-refractivity contribution is 0.169. The number of piperazine rings is 1. The number of nitrogens with one attached hydrogen (secondary N) is 1. The van der Waals surface area contributed by atoms with Gasteiger partial charge in [-0.15, -0.1) is 0 Å². The summed E-state index contributed by atoms with van der Waals surface area (Å²) >= 11 is 0. The molecule has 7 nitrogen and oxygen atoms in total. The van der Waals surface area contributed by atoms with E-state index in [4.69, 9.17) is 9.26 Å². The van der Waals surface area contributed by atoms with Gasteiger partial charge in [0.1, 0.15) is 6.26 Å². The van der Waals surface area contributed by atoms with Gasteiger partial charge in [0.2, 0.25) is 0 Å². The van der Waals surface area contributed by atoms with E-state index in [-0.39, 0.29) is 0 Å². The number of hydrogen-bond donors (Lipinski definition) is 1. The van der Waals surface area contributed by atoms with E-state index < -0.39 is 0 Å². The zero-order chi connectivity index (χ0) is 16.3. The third kappa shape index (κ3) is 6.19. The summed E-state index contributed by atoms with van der Waals surface area (Å²) in [5.41, 5.74) is 0.997. The van der Waals surface area contributed by atoms with Crippen molar-refractivity contribution in [3.63, 3.8) is 0 Å². The first-order valence-electron chi connectivity index (χ1n) is 8.39. The van der Waals surface area contributed by atoms with Crippen molar-refractivity contribution in [1.29, 1.82) is 0 Å². The quantitative estimate of drug-likeness (QED) is 0.440. The van der Waals surface area contributed by atoms with E-state index in [9.17, 15) is 0 Å². The third-order valence-electron chi connectivity index (χ3n) is 4.07. The molecule has 0 bridgehead atoms. The topological polar surface area (TPSA) is 66.1 Å². The summed E-state index contributed by atoms with van der Waals surface area (Å²) in [7, 11) is 3.61. The van der Waals surface area contributed by atoms with Crippen LogP contribution >= 0.6 is 0 Å². The first kappa shape index (κ1) is 17.7. The predicted molar refractivity (Wildman–Crippen MR) is 90.4 cm³/mol. The van der Waals surface area contributed by atoms with Crippen LogP contribution in [0.25, 0.3) is 0 Å². The predicted octanol–water partition coefficient (Wildman–Crippen LogP) is 1.18. The maximum absolute atomic E-state index is 5.07. The van der Waals surface area contributed by atoms with Crippen LogP contribution < -0.4 is 5.32 Å². The highest BCUT2D eigenvalue weighted by Gasteiger charge is 2.19. The van der Waals surface area contributed by atoms with E-state index in [0.29, 0.717) is 0 Å². The fraction of sp³-hybridized carbons (Fsp3) is 0.750. The minimum absolute atomic E-state index is 0.849. The largest absolute Gasteiger partial charge is 0.385 e. The highest BCUT2D eigenvalue weighted by atomic mass is 16.5. The van der Waals surface area contributed by atoms with Gasteiger partial charge in [-0.3, -0.25) is 9.89 Å². The van der Waals surface area contributed by atoms with Crippen molar-refractivity contribution in [3.8, 4) is 0 Å². The second kappa shape index (κ2) is 10.2. The Morgan fingerprint density at radius 2 is 2.13 bits per heavy atom. The van der Waals surface area contributed by atoms with Gasteiger partial charge in [0.05, 0.1) is 5.69 Å². The lowest BCUT2D eigenvalue weighted by Crippen LogP contribution is -2.52. The Labute approximate surface area is 138 Å². The summed E-state index contributed by atoms with van der Waals surface area (Å²) in [5.74, 6) is 1.01. The summed E-state index contributed by atoms with van der Waals surface area (Å²) in [6, 6.07) is 1.93. The van der Waals surface area contributed by atoms with Crippen LogP contribution in [0.3, 0.4) is 0 Å². The van der Waals surface area contributed by atoms with Crippen molar-refractivity contribution in [2.24, 2.45) is 4.99 Å². The molecule has 1 aliphatic rings. The van der Waals surface area contributed by atoms with Crippen LogP contribution in [-0.4, -0.2) is 74.4 Å². The van der Waals surface area contributed by atoms with Crippen LogP contribution in [0, 0.1) is 0 Å². The summed E-state index contributed by atoms with van der Waals surface area (Å²) in [5, 5.41) is 7.44. The standard InChI is InChI=1S/C16H29N5O2/c1-17-16(18-7-4-3-5-12-22-2)21-10-8-20(9-11-21)14-15-6-13-23-19-15/h6,13H,3-5,7-12,14H2,1-2H3,(H,17,18). The second-order valence-electron chi connectivity index (χ2n) is 5.78. The molecule has 0 radical (unpaired) electrons. The first-order chi connectivity index (χ1) is 11.3. The Morgan fingerprint density at radius 3 is 2.78 bits per heavy atom. The van der Waals surface area contributed by atoms with E-state index in [1.165, 1.54) is 6.42 Å². The zero-order valence-corrected chi connectivity index (χ0v) is 14.3. The number of hydrogen-bond acceptors (Lipinski definition) is 5. The molecule has 0 unspecified atom stereocenters. The molecular formula is C16H29N5O2. The van der Waals surface area contributed by atoms with Gasteiger partial charge in [0, 0.05) is 66.1 Å². The molecule has 130 valence electrons. The van der Waals surface area contributed by atoms with E-state index in [1.54, 1.807) is 13.4 Å². The molecule has 1 saturated heterocycles. The molecule has 0 atom stereocenters. The van der Waals surface area contributed by atoms with E-state index in [2.05, 4.69) is 25.3 Å². The highest BCUT2D eigenvalue weighted by molar-refractivity contribution is 5.79. The van der Waals surface area contributed by atoms with Crippen LogP contribution in [0.2, 0.25) is 0 Å². The number of guanidine groups is 1. The molecule has 0 amide bonds. The van der Waals surface area contributed by atoms with Crippen molar-refractivity contribution in [3.05, 3.63) is 18.0 Å². The van der Waals surface area contributed by atoms with E-state index in [1.807, 2.05) is 13.1 Å². The summed E-state index contributed by atoms with van der Waals surface area (Å²) < 4.78 is 9.95. The maximum atomic E-state index is 5.07. The Balaban J connectivity index is 1.64. The first-order valence-corrected chi connectivity index (χ1v) is 8.39. The smallest absolute Gasteiger partial charge is 0.193 e. The van der Waals surface area contributed by atoms with E-state index >= 15 is 0 Å². The molecule has 0 aromatic carbocycles. The molecule has 1 N–H and O–H groups in total. The summed E-state index contributed by atoms with van der Waals surface area (Å²) in [6.45, 7) is 6.68. The van der Waals surface area contributed by atoms with Gasteiger partial charge >= 0.3 is 0 Å². The number of methoxy groups -OCH3 is 1. The van der Waals surface area contributed by atoms with Gasteiger partial charge in [-0.05, 0) is 19.3 Å². The minimum Gasteiger partial charge on any atom is -0.385 e. The average molecular weight is 323 g/mol. The van der Waals surface area contributed by atoms with Gasteiger partial charge in [0.25, 0.3) is 0 Å². The second-order valence-corrected chi connectivity index (χ2v) is 5.78. The molecular weight excluding hydrogens is 294 g/mol. The molecule has 1 aliphatic heterocycles. The molecule has 1 aromatic heterocycles. The third-order valence-corrected chi connectivity index (χ3v) is 4.07. The van der Waals surface area contributed by atoms with Crippen molar-refractivity contribution in [1.82, 2.24) is 20.3 Å².